The van der Waals surface area contributed by atoms with Crippen LogP contribution in [-0.4, -0.2) is 26.7 Å². The number of halogens is 1. The Bertz CT molecular complexity index is 1200. The molecule has 0 saturated carbocycles. The van der Waals surface area contributed by atoms with Crippen LogP contribution in [0.15, 0.2) is 77.7 Å². The van der Waals surface area contributed by atoms with E-state index >= 15 is 0 Å². The number of carboxylic acids is 1. The third kappa shape index (κ3) is 4.00. The fourth-order valence-electron chi connectivity index (χ4n) is 3.87. The number of rotatable bonds is 7. The van der Waals surface area contributed by atoms with Crippen molar-refractivity contribution in [2.24, 2.45) is 5.73 Å². The van der Waals surface area contributed by atoms with Crippen LogP contribution < -0.4 is 15.2 Å². The highest BCUT2D eigenvalue weighted by atomic mass is 32.2. The van der Waals surface area contributed by atoms with Crippen molar-refractivity contribution in [3.63, 3.8) is 0 Å². The van der Waals surface area contributed by atoms with Gasteiger partial charge in [0.15, 0.2) is 0 Å². The van der Waals surface area contributed by atoms with Gasteiger partial charge in [0.2, 0.25) is 5.91 Å². The Labute approximate surface area is 185 Å². The second-order valence-electron chi connectivity index (χ2n) is 7.39. The molecule has 3 aromatic rings. The summed E-state index contributed by atoms with van der Waals surface area (Å²) in [5.74, 6) is -2.84. The van der Waals surface area contributed by atoms with E-state index in [4.69, 9.17) is 10.5 Å². The quantitative estimate of drug-likeness (QED) is 0.507. The number of primary amides is 1. The maximum absolute atomic E-state index is 13.0. The first-order valence-corrected chi connectivity index (χ1v) is 10.8. The maximum Gasteiger partial charge on any atom is 0.326 e. The highest BCUT2D eigenvalue weighted by molar-refractivity contribution is 7.83. The highest BCUT2D eigenvalue weighted by Gasteiger charge is 2.55. The summed E-state index contributed by atoms with van der Waals surface area (Å²) in [6, 6.07) is 18.4. The van der Waals surface area contributed by atoms with E-state index in [0.29, 0.717) is 22.6 Å². The molecule has 0 radical (unpaired) electrons. The largest absolute Gasteiger partial charge is 0.480 e. The lowest BCUT2D eigenvalue weighted by atomic mass is 9.85. The van der Waals surface area contributed by atoms with Gasteiger partial charge in [-0.25, -0.2) is 13.3 Å². The van der Waals surface area contributed by atoms with Crippen LogP contribution >= 0.6 is 0 Å². The molecule has 3 unspecified atom stereocenters. The number of hydrogen-bond donors (Lipinski definition) is 3. The molecule has 7 nitrogen and oxygen atoms in total. The Morgan fingerprint density at radius 2 is 1.62 bits per heavy atom. The van der Waals surface area contributed by atoms with Gasteiger partial charge in [0.05, 0.1) is 10.8 Å². The molecule has 1 aliphatic carbocycles. The third-order valence-electron chi connectivity index (χ3n) is 5.36. The fourth-order valence-corrected chi connectivity index (χ4v) is 4.98. The zero-order chi connectivity index (χ0) is 22.9. The minimum atomic E-state index is -1.96. The van der Waals surface area contributed by atoms with Crippen molar-refractivity contribution in [2.45, 2.75) is 22.8 Å². The number of fused-ring (bicyclic) bond motifs is 1. The number of hydrogen-bond acceptors (Lipinski definition) is 4. The van der Waals surface area contributed by atoms with Gasteiger partial charge >= 0.3 is 5.97 Å². The molecule has 4 rings (SSSR count). The molecule has 0 spiro atoms. The van der Waals surface area contributed by atoms with Crippen LogP contribution in [0.5, 0.6) is 11.5 Å². The summed E-state index contributed by atoms with van der Waals surface area (Å²) in [5.41, 5.74) is 4.89. The summed E-state index contributed by atoms with van der Waals surface area (Å²) in [6.07, 6.45) is -0.0381. The third-order valence-corrected chi connectivity index (χ3v) is 6.61. The lowest BCUT2D eigenvalue weighted by Gasteiger charge is -2.30. The van der Waals surface area contributed by atoms with Gasteiger partial charge in [-0.2, -0.15) is 0 Å². The van der Waals surface area contributed by atoms with Crippen molar-refractivity contribution in [3.05, 3.63) is 89.7 Å². The summed E-state index contributed by atoms with van der Waals surface area (Å²) in [5, 5.41) is 10.0. The number of carbonyl (C=O) groups is 2. The number of benzene rings is 3. The number of nitrogens with two attached hydrogens (primary N) is 1. The Kier molecular flexibility index (Phi) is 5.77. The summed E-state index contributed by atoms with van der Waals surface area (Å²) in [7, 11) is -1.96. The van der Waals surface area contributed by atoms with E-state index < -0.39 is 34.3 Å². The molecule has 0 aromatic heterocycles. The molecule has 0 bridgehead atoms. The van der Waals surface area contributed by atoms with Crippen LogP contribution in [-0.2, 0) is 27.0 Å². The maximum atomic E-state index is 13.0. The molecule has 1 aliphatic rings. The summed E-state index contributed by atoms with van der Waals surface area (Å²) in [4.78, 5) is 24.8. The summed E-state index contributed by atoms with van der Waals surface area (Å²) < 4.78 is 34.3. The average Bonchev–Trinajstić information content (AvgIpc) is 3.11. The van der Waals surface area contributed by atoms with Gasteiger partial charge in [-0.3, -0.25) is 9.59 Å². The molecule has 0 aliphatic heterocycles. The number of ether oxygens (including phenoxy) is 1. The van der Waals surface area contributed by atoms with Crippen LogP contribution in [0, 0.1) is 5.82 Å². The highest BCUT2D eigenvalue weighted by Crippen LogP contribution is 2.41. The molecule has 0 fully saturated rings. The van der Waals surface area contributed by atoms with Crippen LogP contribution in [0.1, 0.15) is 17.0 Å². The number of nitrogens with one attached hydrogen (secondary N) is 1. The first-order chi connectivity index (χ1) is 15.3. The van der Waals surface area contributed by atoms with Gasteiger partial charge in [-0.05, 0) is 59.7 Å². The molecule has 4 N–H and O–H groups in total. The molecule has 3 atom stereocenters. The number of carbonyl (C=O) groups excluding carboxylic acids is 1. The normalized spacial score (nSPS) is 20.3. The Balaban J connectivity index is 1.57. The van der Waals surface area contributed by atoms with E-state index in [1.165, 1.54) is 36.4 Å². The van der Waals surface area contributed by atoms with E-state index in [2.05, 4.69) is 4.72 Å². The lowest BCUT2D eigenvalue weighted by Crippen LogP contribution is -2.58. The molecule has 3 aromatic carbocycles. The molecular weight excluding hydrogens is 435 g/mol. The van der Waals surface area contributed by atoms with E-state index in [1.807, 2.05) is 0 Å². The zero-order valence-electron chi connectivity index (χ0n) is 16.7. The predicted molar refractivity (Wildman–Crippen MR) is 115 cm³/mol. The van der Waals surface area contributed by atoms with E-state index in [1.54, 1.807) is 36.4 Å². The van der Waals surface area contributed by atoms with Crippen LogP contribution in [0.4, 0.5) is 4.39 Å². The fraction of sp³-hybridized carbons (Fsp3) is 0.130. The monoisotopic (exact) mass is 454 g/mol. The molecule has 32 heavy (non-hydrogen) atoms. The summed E-state index contributed by atoms with van der Waals surface area (Å²) in [6.45, 7) is 0. The van der Waals surface area contributed by atoms with Gasteiger partial charge in [-0.15, -0.1) is 0 Å². The Morgan fingerprint density at radius 1 is 1.03 bits per heavy atom. The second kappa shape index (κ2) is 8.52. The van der Waals surface area contributed by atoms with Crippen LogP contribution in [0.2, 0.25) is 0 Å². The standard InChI is InChI=1S/C23H19FN2O5S/c24-15-5-7-16(8-6-15)31-17-9-11-18(12-10-17)32(30)26-23(22(28)29)13-14-3-1-2-4-19(14)20(23)21(25)27/h1-12,20,26H,13H2,(H2,25,27)(H,28,29). The first kappa shape index (κ1) is 21.7. The van der Waals surface area contributed by atoms with Gasteiger partial charge in [0.25, 0.3) is 0 Å². The minimum absolute atomic E-state index is 0.0381. The first-order valence-electron chi connectivity index (χ1n) is 9.64. The van der Waals surface area contributed by atoms with Crippen LogP contribution in [0.3, 0.4) is 0 Å². The topological polar surface area (TPSA) is 119 Å². The molecule has 9 heteroatoms. The Hall–Kier alpha value is -3.56. The molecule has 0 saturated heterocycles. The number of carboxylic acid groups (broad SMARTS) is 1. The van der Waals surface area contributed by atoms with Crippen molar-refractivity contribution < 1.29 is 28.0 Å². The van der Waals surface area contributed by atoms with Gasteiger partial charge in [0, 0.05) is 6.42 Å². The minimum Gasteiger partial charge on any atom is -0.480 e. The van der Waals surface area contributed by atoms with Crippen LogP contribution in [0.25, 0.3) is 0 Å². The van der Waals surface area contributed by atoms with Crippen molar-refractivity contribution in [2.75, 3.05) is 0 Å². The van der Waals surface area contributed by atoms with Gasteiger partial charge in [-0.1, -0.05) is 24.3 Å². The van der Waals surface area contributed by atoms with Crippen molar-refractivity contribution in [1.82, 2.24) is 4.72 Å². The zero-order valence-corrected chi connectivity index (χ0v) is 17.5. The van der Waals surface area contributed by atoms with Gasteiger partial charge in [0.1, 0.15) is 33.8 Å². The van der Waals surface area contributed by atoms with Gasteiger partial charge < -0.3 is 15.6 Å². The van der Waals surface area contributed by atoms with E-state index in [-0.39, 0.29) is 17.1 Å². The molecule has 164 valence electrons. The number of amides is 1. The van der Waals surface area contributed by atoms with Crippen molar-refractivity contribution in [1.29, 1.82) is 0 Å². The number of aliphatic carboxylic acids is 1. The van der Waals surface area contributed by atoms with Crippen molar-refractivity contribution >= 4 is 22.9 Å². The summed E-state index contributed by atoms with van der Waals surface area (Å²) >= 11 is 0. The Morgan fingerprint density at radius 3 is 2.22 bits per heavy atom. The average molecular weight is 454 g/mol. The molecule has 1 amide bonds. The SMILES string of the molecule is NC(=O)C1c2ccccc2CC1(NS(=O)c1ccc(Oc2ccc(F)cc2)cc1)C(=O)O. The molecular formula is C23H19FN2O5S. The molecule has 0 heterocycles. The van der Waals surface area contributed by atoms with E-state index in [0.717, 1.165) is 0 Å². The second-order valence-corrected chi connectivity index (χ2v) is 8.60. The van der Waals surface area contributed by atoms with Crippen molar-refractivity contribution in [3.8, 4) is 11.5 Å². The smallest absolute Gasteiger partial charge is 0.326 e. The predicted octanol–water partition coefficient (Wildman–Crippen LogP) is 2.88. The lowest BCUT2D eigenvalue weighted by molar-refractivity contribution is -0.146. The van der Waals surface area contributed by atoms with E-state index in [9.17, 15) is 23.3 Å².